The van der Waals surface area contributed by atoms with Crippen LogP contribution in [0.3, 0.4) is 0 Å². The third-order valence-electron chi connectivity index (χ3n) is 5.96. The topological polar surface area (TPSA) is 113 Å². The van der Waals surface area contributed by atoms with Crippen LogP contribution >= 0.6 is 7.82 Å². The number of phosphoric ester groups is 1. The van der Waals surface area contributed by atoms with Crippen molar-refractivity contribution >= 4 is 13.8 Å². The van der Waals surface area contributed by atoms with Crippen LogP contribution < -0.4 is 0 Å². The van der Waals surface area contributed by atoms with E-state index >= 15 is 0 Å². The number of carbonyl (C=O) groups is 1. The molecule has 0 aliphatic heterocycles. The van der Waals surface area contributed by atoms with E-state index in [1.807, 2.05) is 48.5 Å². The smallest absolute Gasteiger partial charge is 0.469 e. The van der Waals surface area contributed by atoms with Crippen LogP contribution in [0.15, 0.2) is 0 Å². The van der Waals surface area contributed by atoms with Gasteiger partial charge in [-0.05, 0) is 25.7 Å². The van der Waals surface area contributed by atoms with E-state index in [9.17, 15) is 24.3 Å². The molecule has 0 aromatic heterocycles. The average Bonchev–Trinajstić information content (AvgIpc) is 2.57. The molecule has 0 amide bonds. The van der Waals surface area contributed by atoms with Gasteiger partial charge in [0.15, 0.2) is 0 Å². The number of hydrogen-bond donors (Lipinski definition) is 3. The van der Waals surface area contributed by atoms with Crippen molar-refractivity contribution in [2.45, 2.75) is 118 Å². The van der Waals surface area contributed by atoms with Crippen LogP contribution in [0.25, 0.3) is 0 Å². The van der Waals surface area contributed by atoms with E-state index in [0.29, 0.717) is 19.3 Å². The minimum absolute atomic E-state index is 0.00325. The minimum atomic E-state index is -4.65. The number of carboxylic acids is 1. The summed E-state index contributed by atoms with van der Waals surface area (Å²) in [6, 6.07) is 0. The second-order valence-corrected chi connectivity index (χ2v) is 10.2. The van der Waals surface area contributed by atoms with Gasteiger partial charge in [-0.25, -0.2) is 4.57 Å². The summed E-state index contributed by atoms with van der Waals surface area (Å²) in [6.45, 7) is 13.8. The molecule has 0 aliphatic carbocycles. The van der Waals surface area contributed by atoms with Crippen molar-refractivity contribution in [1.82, 2.24) is 0 Å². The van der Waals surface area contributed by atoms with Gasteiger partial charge in [-0.15, -0.1) is 0 Å². The quantitative estimate of drug-likeness (QED) is 0.271. The van der Waals surface area contributed by atoms with E-state index in [1.54, 1.807) is 0 Å². The first-order chi connectivity index (χ1) is 13.3. The number of hydrogen-bond acceptors (Lipinski definition) is 4. The molecule has 174 valence electrons. The van der Waals surface area contributed by atoms with Gasteiger partial charge in [0.2, 0.25) is 0 Å². The minimum Gasteiger partial charge on any atom is -0.481 e. The van der Waals surface area contributed by atoms with E-state index in [1.165, 1.54) is 0 Å². The highest BCUT2D eigenvalue weighted by Gasteiger charge is 2.46. The SMILES string of the molecule is CCCC(OC(CCC)C(C)(CC)C(CCC)OP(=O)(O)O)C(C)(C)CC(=O)O. The third kappa shape index (κ3) is 9.48. The molecule has 0 aromatic carbocycles. The molecule has 7 nitrogen and oxygen atoms in total. The maximum absolute atomic E-state index is 11.6. The highest BCUT2D eigenvalue weighted by Crippen LogP contribution is 2.48. The van der Waals surface area contributed by atoms with Gasteiger partial charge >= 0.3 is 13.8 Å². The molecule has 0 spiro atoms. The molecule has 0 rings (SSSR count). The lowest BCUT2D eigenvalue weighted by Crippen LogP contribution is -2.48. The molecule has 0 aromatic rings. The summed E-state index contributed by atoms with van der Waals surface area (Å²) < 4.78 is 23.5. The molecule has 0 fully saturated rings. The standard InChI is InChI=1S/C21H43O7P/c1-8-12-16(20(5,6)15-19(22)23)27-17(13-9-2)21(7,11-4)18(14-10-3)28-29(24,25)26/h16-18H,8-15H2,1-7H3,(H,22,23)(H2,24,25,26). The highest BCUT2D eigenvalue weighted by atomic mass is 31.2. The summed E-state index contributed by atoms with van der Waals surface area (Å²) in [5.41, 5.74) is -1.18. The van der Waals surface area contributed by atoms with E-state index in [-0.39, 0.29) is 18.6 Å². The second-order valence-electron chi connectivity index (χ2n) is 8.98. The molecule has 3 N–H and O–H groups in total. The Bertz CT molecular complexity index is 531. The Hall–Kier alpha value is -0.460. The molecule has 4 unspecified atom stereocenters. The molecule has 0 bridgehead atoms. The molecule has 4 atom stereocenters. The predicted molar refractivity (Wildman–Crippen MR) is 115 cm³/mol. The van der Waals surface area contributed by atoms with E-state index in [2.05, 4.69) is 0 Å². The fraction of sp³-hybridized carbons (Fsp3) is 0.952. The van der Waals surface area contributed by atoms with Crippen molar-refractivity contribution in [2.24, 2.45) is 10.8 Å². The zero-order valence-corrected chi connectivity index (χ0v) is 20.2. The molecular weight excluding hydrogens is 395 g/mol. The van der Waals surface area contributed by atoms with Crippen molar-refractivity contribution in [3.63, 3.8) is 0 Å². The Balaban J connectivity index is 5.98. The largest absolute Gasteiger partial charge is 0.481 e. The molecule has 0 saturated carbocycles. The van der Waals surface area contributed by atoms with Gasteiger partial charge in [0.05, 0.1) is 24.7 Å². The first-order valence-electron chi connectivity index (χ1n) is 10.9. The van der Waals surface area contributed by atoms with Crippen molar-refractivity contribution in [2.75, 3.05) is 0 Å². The number of phosphoric acid groups is 1. The second kappa shape index (κ2) is 12.4. The molecule has 29 heavy (non-hydrogen) atoms. The lowest BCUT2D eigenvalue weighted by Gasteiger charge is -2.46. The Morgan fingerprint density at radius 1 is 0.897 bits per heavy atom. The van der Waals surface area contributed by atoms with Gasteiger partial charge in [-0.2, -0.15) is 0 Å². The highest BCUT2D eigenvalue weighted by molar-refractivity contribution is 7.46. The summed E-state index contributed by atoms with van der Waals surface area (Å²) in [5.74, 6) is -0.862. The zero-order valence-electron chi connectivity index (χ0n) is 19.3. The first kappa shape index (κ1) is 28.5. The fourth-order valence-corrected chi connectivity index (χ4v) is 4.69. The molecule has 0 saturated heterocycles. The summed E-state index contributed by atoms with van der Waals surface area (Å²) in [4.78, 5) is 30.3. The van der Waals surface area contributed by atoms with Crippen LogP contribution in [0.2, 0.25) is 0 Å². The van der Waals surface area contributed by atoms with Crippen LogP contribution in [0.1, 0.15) is 99.8 Å². The summed E-state index contributed by atoms with van der Waals surface area (Å²) in [5, 5.41) is 9.33. The van der Waals surface area contributed by atoms with Crippen molar-refractivity contribution in [3.05, 3.63) is 0 Å². The Kier molecular flexibility index (Phi) is 12.2. The predicted octanol–water partition coefficient (Wildman–Crippen LogP) is 5.54. The van der Waals surface area contributed by atoms with Gasteiger partial charge in [0.25, 0.3) is 0 Å². The Labute approximate surface area is 176 Å². The van der Waals surface area contributed by atoms with Crippen molar-refractivity contribution < 1.29 is 33.5 Å². The van der Waals surface area contributed by atoms with E-state index in [0.717, 1.165) is 25.7 Å². The third-order valence-corrected chi connectivity index (χ3v) is 6.49. The lowest BCUT2D eigenvalue weighted by atomic mass is 9.72. The number of aliphatic carboxylic acids is 1. The molecule has 8 heteroatoms. The molecule has 0 heterocycles. The Morgan fingerprint density at radius 2 is 1.34 bits per heavy atom. The maximum atomic E-state index is 11.6. The first-order valence-corrected chi connectivity index (χ1v) is 12.4. The van der Waals surface area contributed by atoms with Crippen molar-refractivity contribution in [1.29, 1.82) is 0 Å². The number of carboxylic acid groups (broad SMARTS) is 1. The summed E-state index contributed by atoms with van der Waals surface area (Å²) in [7, 11) is -4.65. The lowest BCUT2D eigenvalue weighted by molar-refractivity contribution is -0.163. The van der Waals surface area contributed by atoms with Gasteiger partial charge in [0.1, 0.15) is 0 Å². The van der Waals surface area contributed by atoms with Crippen LogP contribution in [0.5, 0.6) is 0 Å². The maximum Gasteiger partial charge on any atom is 0.469 e. The van der Waals surface area contributed by atoms with Gasteiger partial charge < -0.3 is 19.6 Å². The van der Waals surface area contributed by atoms with Crippen LogP contribution in [0, 0.1) is 10.8 Å². The Morgan fingerprint density at radius 3 is 1.72 bits per heavy atom. The van der Waals surface area contributed by atoms with Crippen LogP contribution in [-0.4, -0.2) is 39.2 Å². The van der Waals surface area contributed by atoms with Crippen LogP contribution in [-0.2, 0) is 18.6 Å². The summed E-state index contributed by atoms with van der Waals surface area (Å²) >= 11 is 0. The molecular formula is C21H43O7P. The van der Waals surface area contributed by atoms with Gasteiger partial charge in [0, 0.05) is 10.8 Å². The molecule has 0 radical (unpaired) electrons. The van der Waals surface area contributed by atoms with E-state index in [4.69, 9.17) is 9.26 Å². The number of rotatable bonds is 16. The van der Waals surface area contributed by atoms with E-state index < -0.39 is 30.7 Å². The normalized spacial score (nSPS) is 18.1. The van der Waals surface area contributed by atoms with Crippen molar-refractivity contribution in [3.8, 4) is 0 Å². The number of ether oxygens (including phenoxy) is 1. The fourth-order valence-electron chi connectivity index (χ4n) is 4.02. The van der Waals surface area contributed by atoms with Crippen LogP contribution in [0.4, 0.5) is 0 Å². The zero-order chi connectivity index (χ0) is 22.9. The average molecular weight is 439 g/mol. The molecule has 0 aliphatic rings. The monoisotopic (exact) mass is 438 g/mol. The van der Waals surface area contributed by atoms with Gasteiger partial charge in [-0.1, -0.05) is 67.7 Å². The summed E-state index contributed by atoms with van der Waals surface area (Å²) in [6.07, 6.45) is 3.75. The van der Waals surface area contributed by atoms with Gasteiger partial charge in [-0.3, -0.25) is 9.32 Å².